The van der Waals surface area contributed by atoms with Gasteiger partial charge in [0.1, 0.15) is 11.6 Å². The summed E-state index contributed by atoms with van der Waals surface area (Å²) in [6.07, 6.45) is 0.472. The Balaban J connectivity index is 2.00. The van der Waals surface area contributed by atoms with E-state index in [1.54, 1.807) is 18.2 Å². The molecule has 100 valence electrons. The first kappa shape index (κ1) is 13.6. The first-order valence-corrected chi connectivity index (χ1v) is 6.17. The lowest BCUT2D eigenvalue weighted by atomic mass is 10.1. The third-order valence-corrected chi connectivity index (χ3v) is 3.00. The fourth-order valence-corrected chi connectivity index (χ4v) is 2.06. The van der Waals surface area contributed by atoms with Crippen LogP contribution in [0.5, 0.6) is 0 Å². The van der Waals surface area contributed by atoms with Gasteiger partial charge in [0, 0.05) is 12.6 Å². The van der Waals surface area contributed by atoms with Crippen molar-refractivity contribution in [2.24, 2.45) is 0 Å². The van der Waals surface area contributed by atoms with E-state index in [9.17, 15) is 8.78 Å². The molecule has 0 amide bonds. The predicted molar refractivity (Wildman–Crippen MR) is 74.4 cm³/mol. The molecule has 0 atom stereocenters. The van der Waals surface area contributed by atoms with Gasteiger partial charge in [0.05, 0.1) is 16.4 Å². The van der Waals surface area contributed by atoms with Crippen LogP contribution >= 0.6 is 11.6 Å². The van der Waals surface area contributed by atoms with Crippen molar-refractivity contribution in [2.75, 3.05) is 17.6 Å². The number of benzene rings is 2. The Morgan fingerprint density at radius 1 is 1.11 bits per heavy atom. The summed E-state index contributed by atoms with van der Waals surface area (Å²) in [7, 11) is 0. The Kier molecular flexibility index (Phi) is 4.22. The second-order valence-electron chi connectivity index (χ2n) is 4.16. The number of nitrogens with one attached hydrogen (secondary N) is 1. The van der Waals surface area contributed by atoms with Crippen LogP contribution in [0.15, 0.2) is 36.4 Å². The number of anilines is 2. The molecule has 2 nitrogen and oxygen atoms in total. The Morgan fingerprint density at radius 2 is 1.79 bits per heavy atom. The molecule has 0 saturated heterocycles. The van der Waals surface area contributed by atoms with Crippen molar-refractivity contribution >= 4 is 23.0 Å². The van der Waals surface area contributed by atoms with Crippen LogP contribution in [0.2, 0.25) is 5.02 Å². The summed E-state index contributed by atoms with van der Waals surface area (Å²) < 4.78 is 26.0. The lowest BCUT2D eigenvalue weighted by Crippen LogP contribution is -2.07. The van der Waals surface area contributed by atoms with Gasteiger partial charge >= 0.3 is 0 Å². The van der Waals surface area contributed by atoms with E-state index in [2.05, 4.69) is 5.32 Å². The van der Waals surface area contributed by atoms with E-state index < -0.39 is 11.6 Å². The number of halogens is 3. The first-order chi connectivity index (χ1) is 9.06. The zero-order valence-electron chi connectivity index (χ0n) is 10.1. The number of nitrogens with two attached hydrogens (primary N) is 1. The summed E-state index contributed by atoms with van der Waals surface area (Å²) >= 11 is 6.00. The smallest absolute Gasteiger partial charge is 0.126 e. The van der Waals surface area contributed by atoms with Crippen molar-refractivity contribution < 1.29 is 8.78 Å². The van der Waals surface area contributed by atoms with Crippen molar-refractivity contribution in [3.05, 3.63) is 58.6 Å². The topological polar surface area (TPSA) is 38.0 Å². The van der Waals surface area contributed by atoms with Gasteiger partial charge in [-0.05, 0) is 36.2 Å². The fraction of sp³-hybridized carbons (Fsp3) is 0.143. The standard InChI is InChI=1S/C14H13ClF2N2/c15-12-2-1-3-13(18)14(12)19-5-4-9-6-10(16)8-11(17)7-9/h1-3,6-8,19H,4-5,18H2. The molecule has 19 heavy (non-hydrogen) atoms. The average Bonchev–Trinajstić information content (AvgIpc) is 2.32. The highest BCUT2D eigenvalue weighted by atomic mass is 35.5. The summed E-state index contributed by atoms with van der Waals surface area (Å²) in [6.45, 7) is 0.483. The van der Waals surface area contributed by atoms with Gasteiger partial charge in [-0.25, -0.2) is 8.78 Å². The van der Waals surface area contributed by atoms with Crippen LogP contribution in [0.1, 0.15) is 5.56 Å². The van der Waals surface area contributed by atoms with Gasteiger partial charge in [-0.3, -0.25) is 0 Å². The van der Waals surface area contributed by atoms with Gasteiger partial charge in [-0.2, -0.15) is 0 Å². The minimum absolute atomic E-state index is 0.472. The van der Waals surface area contributed by atoms with E-state index >= 15 is 0 Å². The Bertz CT molecular complexity index is 547. The van der Waals surface area contributed by atoms with Gasteiger partial charge in [-0.15, -0.1) is 0 Å². The summed E-state index contributed by atoms with van der Waals surface area (Å²) in [4.78, 5) is 0. The normalized spacial score (nSPS) is 10.5. The van der Waals surface area contributed by atoms with Crippen molar-refractivity contribution in [2.45, 2.75) is 6.42 Å². The number of hydrogen-bond donors (Lipinski definition) is 2. The monoisotopic (exact) mass is 282 g/mol. The van der Waals surface area contributed by atoms with Crippen molar-refractivity contribution in [1.29, 1.82) is 0 Å². The highest BCUT2D eigenvalue weighted by molar-refractivity contribution is 6.33. The Hall–Kier alpha value is -1.81. The van der Waals surface area contributed by atoms with Crippen molar-refractivity contribution in [3.8, 4) is 0 Å². The van der Waals surface area contributed by atoms with Crippen molar-refractivity contribution in [1.82, 2.24) is 0 Å². The van der Waals surface area contributed by atoms with E-state index in [0.29, 0.717) is 34.9 Å². The summed E-state index contributed by atoms with van der Waals surface area (Å²) in [5.74, 6) is -1.15. The minimum atomic E-state index is -0.577. The molecule has 2 rings (SSSR count). The van der Waals surface area contributed by atoms with Gasteiger partial charge in [0.25, 0.3) is 0 Å². The molecule has 5 heteroatoms. The van der Waals surface area contributed by atoms with Crippen LogP contribution in [0.3, 0.4) is 0 Å². The van der Waals surface area contributed by atoms with Crippen LogP contribution < -0.4 is 11.1 Å². The van der Waals surface area contributed by atoms with Gasteiger partial charge in [-0.1, -0.05) is 17.7 Å². The van der Waals surface area contributed by atoms with Gasteiger partial charge in [0.2, 0.25) is 0 Å². The highest BCUT2D eigenvalue weighted by Crippen LogP contribution is 2.27. The Morgan fingerprint density at radius 3 is 2.42 bits per heavy atom. The SMILES string of the molecule is Nc1cccc(Cl)c1NCCc1cc(F)cc(F)c1. The maximum atomic E-state index is 13.0. The van der Waals surface area contributed by atoms with E-state index in [0.717, 1.165) is 6.07 Å². The molecular weight excluding hydrogens is 270 g/mol. The van der Waals surface area contributed by atoms with Crippen molar-refractivity contribution in [3.63, 3.8) is 0 Å². The molecule has 2 aromatic rings. The van der Waals surface area contributed by atoms with Crippen LogP contribution in [0.4, 0.5) is 20.2 Å². The summed E-state index contributed by atoms with van der Waals surface area (Å²) in [5.41, 5.74) is 7.54. The fourth-order valence-electron chi connectivity index (χ4n) is 1.81. The molecule has 0 bridgehead atoms. The van der Waals surface area contributed by atoms with Crippen LogP contribution in [-0.2, 0) is 6.42 Å². The molecule has 0 unspecified atom stereocenters. The number of nitrogen functional groups attached to an aromatic ring is 1. The van der Waals surface area contributed by atoms with Crippen LogP contribution in [0, 0.1) is 11.6 Å². The molecule has 3 N–H and O–H groups in total. The third kappa shape index (κ3) is 3.58. The lowest BCUT2D eigenvalue weighted by molar-refractivity contribution is 0.580. The minimum Gasteiger partial charge on any atom is -0.397 e. The lowest BCUT2D eigenvalue weighted by Gasteiger charge is -2.11. The second kappa shape index (κ2) is 5.89. The van der Waals surface area contributed by atoms with Crippen LogP contribution in [-0.4, -0.2) is 6.54 Å². The van der Waals surface area contributed by atoms with E-state index in [1.165, 1.54) is 12.1 Å². The van der Waals surface area contributed by atoms with E-state index in [-0.39, 0.29) is 0 Å². The van der Waals surface area contributed by atoms with Crippen LogP contribution in [0.25, 0.3) is 0 Å². The third-order valence-electron chi connectivity index (χ3n) is 2.68. The molecular formula is C14H13ClF2N2. The molecule has 0 radical (unpaired) electrons. The summed E-state index contributed by atoms with van der Waals surface area (Å²) in [6, 6.07) is 8.67. The molecule has 0 heterocycles. The molecule has 0 fully saturated rings. The quantitative estimate of drug-likeness (QED) is 0.836. The molecule has 0 saturated carbocycles. The maximum absolute atomic E-state index is 13.0. The number of para-hydroxylation sites is 1. The maximum Gasteiger partial charge on any atom is 0.126 e. The largest absolute Gasteiger partial charge is 0.397 e. The van der Waals surface area contributed by atoms with Gasteiger partial charge in [0.15, 0.2) is 0 Å². The zero-order chi connectivity index (χ0) is 13.8. The zero-order valence-corrected chi connectivity index (χ0v) is 10.8. The molecule has 0 aliphatic carbocycles. The van der Waals surface area contributed by atoms with E-state index in [1.807, 2.05) is 0 Å². The molecule has 0 aliphatic rings. The molecule has 0 aromatic heterocycles. The molecule has 2 aromatic carbocycles. The first-order valence-electron chi connectivity index (χ1n) is 5.79. The molecule has 0 aliphatic heterocycles. The Labute approximate surface area is 115 Å². The predicted octanol–water partition coefficient (Wildman–Crippen LogP) is 3.86. The van der Waals surface area contributed by atoms with Gasteiger partial charge < -0.3 is 11.1 Å². The van der Waals surface area contributed by atoms with E-state index in [4.69, 9.17) is 17.3 Å². The number of hydrogen-bond acceptors (Lipinski definition) is 2. The number of rotatable bonds is 4. The second-order valence-corrected chi connectivity index (χ2v) is 4.57. The highest BCUT2D eigenvalue weighted by Gasteiger charge is 2.04. The average molecular weight is 283 g/mol. The molecule has 0 spiro atoms. The summed E-state index contributed by atoms with van der Waals surface area (Å²) in [5, 5.41) is 3.59.